The Morgan fingerprint density at radius 1 is 1.25 bits per heavy atom. The number of hydrogen-bond donors (Lipinski definition) is 3. The van der Waals surface area contributed by atoms with E-state index in [1.807, 2.05) is 0 Å². The van der Waals surface area contributed by atoms with Crippen LogP contribution in [0.1, 0.15) is 5.56 Å². The van der Waals surface area contributed by atoms with Gasteiger partial charge in [-0.2, -0.15) is 0 Å². The molecule has 4 N–H and O–H groups in total. The van der Waals surface area contributed by atoms with Gasteiger partial charge in [0.2, 0.25) is 0 Å². The third-order valence-corrected chi connectivity index (χ3v) is 2.29. The minimum atomic E-state index is 0. The molecule has 0 unspecified atom stereocenters. The van der Waals surface area contributed by atoms with Crippen LogP contribution in [-0.4, -0.2) is 10.2 Å². The van der Waals surface area contributed by atoms with Crippen LogP contribution in [0.3, 0.4) is 0 Å². The number of hydrogen-bond acceptors (Lipinski definition) is 3. The lowest BCUT2D eigenvalue weighted by atomic mass is 10.2. The van der Waals surface area contributed by atoms with Crippen molar-refractivity contribution in [3.8, 4) is 11.5 Å². The largest absolute Gasteiger partial charge is 0.508 e. The molecule has 0 spiro atoms. The summed E-state index contributed by atoms with van der Waals surface area (Å²) in [6.07, 6.45) is 0. The van der Waals surface area contributed by atoms with Crippen LogP contribution in [0.15, 0.2) is 16.6 Å². The molecule has 0 aromatic heterocycles. The molecule has 12 heavy (non-hydrogen) atoms. The van der Waals surface area contributed by atoms with Crippen molar-refractivity contribution < 1.29 is 10.2 Å². The lowest BCUT2D eigenvalue weighted by Crippen LogP contribution is -1.97. The van der Waals surface area contributed by atoms with Crippen LogP contribution < -0.4 is 5.73 Å². The number of benzene rings is 1. The number of rotatable bonds is 1. The monoisotopic (exact) mass is 297 g/mol. The molecule has 0 fully saturated rings. The maximum atomic E-state index is 9.19. The first-order valence-corrected chi connectivity index (χ1v) is 3.85. The van der Waals surface area contributed by atoms with Gasteiger partial charge in [-0.25, -0.2) is 0 Å². The predicted molar refractivity (Wildman–Crippen MR) is 55.7 cm³/mol. The summed E-state index contributed by atoms with van der Waals surface area (Å²) in [5, 5.41) is 18.3. The molecule has 3 nitrogen and oxygen atoms in total. The Hall–Kier alpha value is -0.260. The summed E-state index contributed by atoms with van der Waals surface area (Å²) in [5.41, 5.74) is 5.84. The van der Waals surface area contributed by atoms with Crippen LogP contribution in [0.5, 0.6) is 11.5 Å². The van der Waals surface area contributed by atoms with Crippen LogP contribution in [0.2, 0.25) is 0 Å². The quantitative estimate of drug-likeness (QED) is 0.694. The molecule has 0 amide bonds. The number of nitrogens with two attached hydrogens (primary N) is 1. The fourth-order valence-electron chi connectivity index (χ4n) is 0.793. The maximum absolute atomic E-state index is 9.19. The maximum Gasteiger partial charge on any atom is 0.130 e. The van der Waals surface area contributed by atoms with Crippen molar-refractivity contribution in [3.63, 3.8) is 0 Å². The van der Waals surface area contributed by atoms with Gasteiger partial charge in [0.15, 0.2) is 0 Å². The van der Waals surface area contributed by atoms with Gasteiger partial charge in [-0.15, -0.1) is 17.0 Å². The summed E-state index contributed by atoms with van der Waals surface area (Å²) in [5.74, 6) is 0.181. The Bertz CT molecular complexity index is 278. The fraction of sp³-hybridized carbons (Fsp3) is 0.143. The minimum absolute atomic E-state index is 0. The Morgan fingerprint density at radius 2 is 1.75 bits per heavy atom. The minimum Gasteiger partial charge on any atom is -0.508 e. The summed E-state index contributed by atoms with van der Waals surface area (Å²) in [6, 6.07) is 2.81. The Kier molecular flexibility index (Phi) is 4.59. The summed E-state index contributed by atoms with van der Waals surface area (Å²) < 4.78 is 0.458. The molecule has 0 saturated heterocycles. The topological polar surface area (TPSA) is 66.5 Å². The van der Waals surface area contributed by atoms with Gasteiger partial charge in [-0.05, 0) is 28.1 Å². The van der Waals surface area contributed by atoms with Gasteiger partial charge < -0.3 is 15.9 Å². The summed E-state index contributed by atoms with van der Waals surface area (Å²) in [7, 11) is 0. The smallest absolute Gasteiger partial charge is 0.130 e. The molecule has 0 atom stereocenters. The average molecular weight is 299 g/mol. The van der Waals surface area contributed by atoms with E-state index in [1.54, 1.807) is 0 Å². The highest BCUT2D eigenvalue weighted by molar-refractivity contribution is 9.10. The van der Waals surface area contributed by atoms with Gasteiger partial charge in [-0.3, -0.25) is 0 Å². The van der Waals surface area contributed by atoms with Crippen molar-refractivity contribution >= 4 is 32.9 Å². The Morgan fingerprint density at radius 3 is 2.17 bits per heavy atom. The van der Waals surface area contributed by atoms with E-state index in [-0.39, 0.29) is 35.0 Å². The number of halogens is 2. The Balaban J connectivity index is 0.00000121. The molecule has 1 aromatic carbocycles. The molecular formula is C7H9Br2NO2. The molecule has 0 bridgehead atoms. The second-order valence-electron chi connectivity index (χ2n) is 2.10. The lowest BCUT2D eigenvalue weighted by Gasteiger charge is -2.05. The zero-order chi connectivity index (χ0) is 8.43. The van der Waals surface area contributed by atoms with Gasteiger partial charge >= 0.3 is 0 Å². The molecule has 0 radical (unpaired) electrons. The molecule has 1 aromatic rings. The van der Waals surface area contributed by atoms with E-state index in [4.69, 9.17) is 10.8 Å². The van der Waals surface area contributed by atoms with E-state index in [1.165, 1.54) is 12.1 Å². The first-order valence-electron chi connectivity index (χ1n) is 3.06. The van der Waals surface area contributed by atoms with Gasteiger partial charge in [0.25, 0.3) is 0 Å². The summed E-state index contributed by atoms with van der Waals surface area (Å²) in [6.45, 7) is 0.195. The number of phenols is 2. The van der Waals surface area contributed by atoms with Crippen LogP contribution in [0.4, 0.5) is 0 Å². The molecule has 0 aliphatic rings. The van der Waals surface area contributed by atoms with Crippen LogP contribution in [0.25, 0.3) is 0 Å². The first kappa shape index (κ1) is 11.7. The van der Waals surface area contributed by atoms with E-state index in [9.17, 15) is 5.11 Å². The molecule has 0 saturated carbocycles. The first-order chi connectivity index (χ1) is 5.16. The normalized spacial score (nSPS) is 9.17. The SMILES string of the molecule is Br.NCc1c(O)ccc(O)c1Br. The predicted octanol–water partition coefficient (Wildman–Crippen LogP) is 1.90. The zero-order valence-electron chi connectivity index (χ0n) is 6.12. The van der Waals surface area contributed by atoms with Crippen LogP contribution in [-0.2, 0) is 6.54 Å². The van der Waals surface area contributed by atoms with Crippen molar-refractivity contribution in [2.45, 2.75) is 6.54 Å². The highest BCUT2D eigenvalue weighted by Crippen LogP contribution is 2.32. The lowest BCUT2D eigenvalue weighted by molar-refractivity contribution is 0.451. The van der Waals surface area contributed by atoms with Crippen molar-refractivity contribution in [1.29, 1.82) is 0 Å². The highest BCUT2D eigenvalue weighted by Gasteiger charge is 2.07. The summed E-state index contributed by atoms with van der Waals surface area (Å²) in [4.78, 5) is 0. The fourth-order valence-corrected chi connectivity index (χ4v) is 1.29. The van der Waals surface area contributed by atoms with E-state index in [2.05, 4.69) is 15.9 Å². The molecule has 0 aliphatic carbocycles. The van der Waals surface area contributed by atoms with Crippen LogP contribution >= 0.6 is 32.9 Å². The van der Waals surface area contributed by atoms with Crippen LogP contribution in [0, 0.1) is 0 Å². The van der Waals surface area contributed by atoms with E-state index in [0.717, 1.165) is 0 Å². The molecule has 0 aliphatic heterocycles. The zero-order valence-corrected chi connectivity index (χ0v) is 9.42. The average Bonchev–Trinajstić information content (AvgIpc) is 1.99. The molecular weight excluding hydrogens is 290 g/mol. The van der Waals surface area contributed by atoms with Crippen molar-refractivity contribution in [1.82, 2.24) is 0 Å². The summed E-state index contributed by atoms with van der Waals surface area (Å²) >= 11 is 3.10. The van der Waals surface area contributed by atoms with Crippen molar-refractivity contribution in [3.05, 3.63) is 22.2 Å². The standard InChI is InChI=1S/C7H8BrNO2.BrH/c8-7-4(3-9)5(10)1-2-6(7)11;/h1-2,10-11H,3,9H2;1H. The van der Waals surface area contributed by atoms with Gasteiger partial charge in [0.05, 0.1) is 4.47 Å². The van der Waals surface area contributed by atoms with Gasteiger partial charge in [-0.1, -0.05) is 0 Å². The number of phenolic OH excluding ortho intramolecular Hbond substituents is 2. The van der Waals surface area contributed by atoms with E-state index in [0.29, 0.717) is 10.0 Å². The molecule has 0 heterocycles. The molecule has 5 heteroatoms. The number of aromatic hydroxyl groups is 2. The van der Waals surface area contributed by atoms with E-state index >= 15 is 0 Å². The van der Waals surface area contributed by atoms with Gasteiger partial charge in [0, 0.05) is 12.1 Å². The second kappa shape index (κ2) is 4.69. The second-order valence-corrected chi connectivity index (χ2v) is 2.89. The third-order valence-electron chi connectivity index (χ3n) is 1.40. The van der Waals surface area contributed by atoms with Crippen molar-refractivity contribution in [2.75, 3.05) is 0 Å². The third kappa shape index (κ3) is 2.12. The van der Waals surface area contributed by atoms with Gasteiger partial charge in [0.1, 0.15) is 11.5 Å². The molecule has 1 rings (SSSR count). The highest BCUT2D eigenvalue weighted by atomic mass is 79.9. The van der Waals surface area contributed by atoms with E-state index < -0.39 is 0 Å². The Labute approximate surface area is 89.1 Å². The molecule has 68 valence electrons. The van der Waals surface area contributed by atoms with Crippen molar-refractivity contribution in [2.24, 2.45) is 5.73 Å².